The molecule has 0 saturated carbocycles. The first-order valence-electron chi connectivity index (χ1n) is 9.93. The van der Waals surface area contributed by atoms with Gasteiger partial charge in [-0.1, -0.05) is 0 Å². The zero-order chi connectivity index (χ0) is 20.4. The van der Waals surface area contributed by atoms with E-state index in [2.05, 4.69) is 56.9 Å². The molecule has 1 fully saturated rings. The van der Waals surface area contributed by atoms with Gasteiger partial charge in [-0.3, -0.25) is 14.5 Å². The first-order chi connectivity index (χ1) is 12.6. The number of aromatic nitrogens is 2. The number of rotatable bonds is 5. The molecule has 0 spiro atoms. The molecule has 1 aromatic heterocycles. The highest BCUT2D eigenvalue weighted by Gasteiger charge is 2.40. The molecule has 7 nitrogen and oxygen atoms in total. The second-order valence-corrected chi connectivity index (χ2v) is 8.28. The zero-order valence-corrected chi connectivity index (χ0v) is 21.0. The Morgan fingerprint density at radius 3 is 2.43 bits per heavy atom. The summed E-state index contributed by atoms with van der Waals surface area (Å²) < 4.78 is 1.92. The number of hydrogen-bond donors (Lipinski definition) is 1. The maximum absolute atomic E-state index is 12.7. The number of carbonyl (C=O) groups excluding carboxylic acids is 1. The van der Waals surface area contributed by atoms with Gasteiger partial charge in [-0.25, -0.2) is 0 Å². The largest absolute Gasteiger partial charge is 0.357 e. The van der Waals surface area contributed by atoms with Gasteiger partial charge in [-0.15, -0.1) is 24.0 Å². The van der Waals surface area contributed by atoms with Crippen molar-refractivity contribution in [3.8, 4) is 0 Å². The van der Waals surface area contributed by atoms with Gasteiger partial charge in [-0.2, -0.15) is 5.10 Å². The van der Waals surface area contributed by atoms with Crippen molar-refractivity contribution in [1.29, 1.82) is 0 Å². The van der Waals surface area contributed by atoms with E-state index in [4.69, 9.17) is 4.99 Å². The molecule has 1 aromatic rings. The summed E-state index contributed by atoms with van der Waals surface area (Å²) in [5.74, 6) is 0.979. The standard InChI is InChI=1S/C20H36N6O.HI/c1-9-21-19(22-11-10-17-15(4)23-24(8)16(17)5)25-12-18(27)26(14(2)3)20(6,7)13-25;/h14H,9-13H2,1-8H3,(H,21,22);1H. The summed E-state index contributed by atoms with van der Waals surface area (Å²) in [6.45, 7) is 17.2. The SMILES string of the molecule is CCNC(=NCCc1c(C)nn(C)c1C)N1CC(=O)N(C(C)C)C(C)(C)C1.I. The van der Waals surface area contributed by atoms with Gasteiger partial charge in [0.05, 0.1) is 17.8 Å². The number of guanidine groups is 1. The zero-order valence-electron chi connectivity index (χ0n) is 18.7. The molecule has 1 aliphatic rings. The smallest absolute Gasteiger partial charge is 0.242 e. The van der Waals surface area contributed by atoms with Gasteiger partial charge in [0.1, 0.15) is 0 Å². The molecular weight excluding hydrogens is 467 g/mol. The molecule has 0 aromatic carbocycles. The van der Waals surface area contributed by atoms with Gasteiger partial charge in [0.15, 0.2) is 5.96 Å². The van der Waals surface area contributed by atoms with Crippen molar-refractivity contribution in [2.24, 2.45) is 12.0 Å². The highest BCUT2D eigenvalue weighted by molar-refractivity contribution is 14.0. The van der Waals surface area contributed by atoms with E-state index in [-0.39, 0.29) is 41.5 Å². The molecule has 28 heavy (non-hydrogen) atoms. The number of nitrogens with zero attached hydrogens (tertiary/aromatic N) is 5. The monoisotopic (exact) mass is 504 g/mol. The number of piperazine rings is 1. The Morgan fingerprint density at radius 1 is 1.32 bits per heavy atom. The van der Waals surface area contributed by atoms with Gasteiger partial charge < -0.3 is 15.1 Å². The summed E-state index contributed by atoms with van der Waals surface area (Å²) in [7, 11) is 1.97. The second kappa shape index (κ2) is 9.93. The summed E-state index contributed by atoms with van der Waals surface area (Å²) >= 11 is 0. The van der Waals surface area contributed by atoms with Gasteiger partial charge in [-0.05, 0) is 60.5 Å². The fourth-order valence-corrected chi connectivity index (χ4v) is 4.19. The second-order valence-electron chi connectivity index (χ2n) is 8.28. The summed E-state index contributed by atoms with van der Waals surface area (Å²) in [6, 6.07) is 0.200. The Bertz CT molecular complexity index is 710. The molecular formula is C20H37IN6O. The van der Waals surface area contributed by atoms with Crippen LogP contribution in [0.2, 0.25) is 0 Å². The van der Waals surface area contributed by atoms with Crippen LogP contribution >= 0.6 is 24.0 Å². The Morgan fingerprint density at radius 2 is 1.96 bits per heavy atom. The van der Waals surface area contributed by atoms with Crippen molar-refractivity contribution in [3.05, 3.63) is 17.0 Å². The normalized spacial score (nSPS) is 17.2. The molecule has 1 amide bonds. The average molecular weight is 504 g/mol. The maximum Gasteiger partial charge on any atom is 0.242 e. The molecule has 1 N–H and O–H groups in total. The van der Waals surface area contributed by atoms with E-state index in [1.807, 2.05) is 23.6 Å². The number of hydrogen-bond acceptors (Lipinski definition) is 3. The van der Waals surface area contributed by atoms with E-state index in [1.54, 1.807) is 0 Å². The molecule has 0 radical (unpaired) electrons. The number of amides is 1. The minimum absolute atomic E-state index is 0. The van der Waals surface area contributed by atoms with Crippen molar-refractivity contribution in [2.75, 3.05) is 26.2 Å². The third kappa shape index (κ3) is 5.39. The quantitative estimate of drug-likeness (QED) is 0.380. The first-order valence-corrected chi connectivity index (χ1v) is 9.93. The van der Waals surface area contributed by atoms with Crippen molar-refractivity contribution in [1.82, 2.24) is 24.9 Å². The Balaban J connectivity index is 0.00000392. The fraction of sp³-hybridized carbons (Fsp3) is 0.750. The highest BCUT2D eigenvalue weighted by atomic mass is 127. The Kier molecular flexibility index (Phi) is 8.77. The van der Waals surface area contributed by atoms with Crippen LogP contribution < -0.4 is 5.32 Å². The van der Waals surface area contributed by atoms with Gasteiger partial charge in [0.25, 0.3) is 0 Å². The van der Waals surface area contributed by atoms with Crippen LogP contribution in [0, 0.1) is 13.8 Å². The molecule has 0 unspecified atom stereocenters. The summed E-state index contributed by atoms with van der Waals surface area (Å²) in [5.41, 5.74) is 3.29. The van der Waals surface area contributed by atoms with Crippen molar-refractivity contribution >= 4 is 35.8 Å². The summed E-state index contributed by atoms with van der Waals surface area (Å²) in [6.07, 6.45) is 0.851. The molecule has 8 heteroatoms. The molecule has 2 heterocycles. The van der Waals surface area contributed by atoms with E-state index < -0.39 is 0 Å². The first kappa shape index (κ1) is 24.7. The van der Waals surface area contributed by atoms with Crippen LogP contribution in [0.1, 0.15) is 51.6 Å². The maximum atomic E-state index is 12.7. The lowest BCUT2D eigenvalue weighted by molar-refractivity contribution is -0.145. The predicted octanol–water partition coefficient (Wildman–Crippen LogP) is 2.49. The van der Waals surface area contributed by atoms with Crippen LogP contribution in [0.15, 0.2) is 4.99 Å². The van der Waals surface area contributed by atoms with Crippen LogP contribution in [0.4, 0.5) is 0 Å². The van der Waals surface area contributed by atoms with Gasteiger partial charge in [0, 0.05) is 38.4 Å². The molecule has 2 rings (SSSR count). The van der Waals surface area contributed by atoms with Crippen LogP contribution in [0.5, 0.6) is 0 Å². The molecule has 1 saturated heterocycles. The van der Waals surface area contributed by atoms with E-state index in [9.17, 15) is 4.79 Å². The molecule has 0 atom stereocenters. The van der Waals surface area contributed by atoms with Crippen molar-refractivity contribution < 1.29 is 4.79 Å². The lowest BCUT2D eigenvalue weighted by atomic mass is 9.96. The average Bonchev–Trinajstić information content (AvgIpc) is 2.78. The minimum Gasteiger partial charge on any atom is -0.357 e. The number of nitrogens with one attached hydrogen (secondary N) is 1. The van der Waals surface area contributed by atoms with Crippen LogP contribution in [-0.4, -0.2) is 69.2 Å². The lowest BCUT2D eigenvalue weighted by Crippen LogP contribution is -2.66. The number of aryl methyl sites for hydroxylation is 2. The molecule has 0 aliphatic carbocycles. The minimum atomic E-state index is -0.226. The summed E-state index contributed by atoms with van der Waals surface area (Å²) in [4.78, 5) is 21.7. The van der Waals surface area contributed by atoms with E-state index in [0.29, 0.717) is 13.1 Å². The third-order valence-corrected chi connectivity index (χ3v) is 5.26. The topological polar surface area (TPSA) is 65.8 Å². The number of carbonyl (C=O) groups is 1. The van der Waals surface area contributed by atoms with Crippen molar-refractivity contribution in [3.63, 3.8) is 0 Å². The van der Waals surface area contributed by atoms with Crippen LogP contribution in [0.3, 0.4) is 0 Å². The number of aliphatic imine (C=N–C) groups is 1. The van der Waals surface area contributed by atoms with Gasteiger partial charge in [0.2, 0.25) is 5.91 Å². The third-order valence-electron chi connectivity index (χ3n) is 5.26. The van der Waals surface area contributed by atoms with Crippen LogP contribution in [0.25, 0.3) is 0 Å². The predicted molar refractivity (Wildman–Crippen MR) is 125 cm³/mol. The Hall–Kier alpha value is -1.32. The fourth-order valence-electron chi connectivity index (χ4n) is 4.19. The van der Waals surface area contributed by atoms with E-state index in [0.717, 1.165) is 31.2 Å². The van der Waals surface area contributed by atoms with E-state index in [1.165, 1.54) is 11.3 Å². The summed E-state index contributed by atoms with van der Waals surface area (Å²) in [5, 5.41) is 7.84. The molecule has 160 valence electrons. The molecule has 1 aliphatic heterocycles. The van der Waals surface area contributed by atoms with Crippen LogP contribution in [-0.2, 0) is 18.3 Å². The molecule has 0 bridgehead atoms. The highest BCUT2D eigenvalue weighted by Crippen LogP contribution is 2.24. The number of halogens is 1. The Labute approximate surface area is 187 Å². The van der Waals surface area contributed by atoms with E-state index >= 15 is 0 Å². The lowest BCUT2D eigenvalue weighted by Gasteiger charge is -2.49. The van der Waals surface area contributed by atoms with Gasteiger partial charge >= 0.3 is 0 Å². The van der Waals surface area contributed by atoms with Crippen molar-refractivity contribution in [2.45, 2.75) is 66.5 Å².